The number of rotatable bonds is 7. The van der Waals surface area contributed by atoms with Gasteiger partial charge in [0.2, 0.25) is 0 Å². The third-order valence-corrected chi connectivity index (χ3v) is 8.26. The number of nitriles is 1. The van der Waals surface area contributed by atoms with Gasteiger partial charge in [0.15, 0.2) is 8.38 Å². The molecule has 4 rings (SSSR count). The molecule has 5 atom stereocenters. The maximum Gasteiger partial charge on any atom is 0.199 e. The second-order valence-electron chi connectivity index (χ2n) is 9.38. The van der Waals surface area contributed by atoms with Crippen molar-refractivity contribution in [3.05, 3.63) is 65.2 Å². The number of aliphatic hydroxyl groups excluding tert-OH is 2. The fourth-order valence-electron chi connectivity index (χ4n) is 5.71. The average Bonchev–Trinajstić information content (AvgIpc) is 3.45. The third-order valence-electron chi connectivity index (χ3n) is 7.50. The van der Waals surface area contributed by atoms with Crippen molar-refractivity contribution in [3.63, 3.8) is 0 Å². The predicted octanol–water partition coefficient (Wildman–Crippen LogP) is 4.07. The van der Waals surface area contributed by atoms with Crippen LogP contribution < -0.4 is 5.30 Å². The summed E-state index contributed by atoms with van der Waals surface area (Å²) in [5.41, 5.74) is 3.05. The fraction of sp³-hybridized carbons (Fsp3) is 0.500. The van der Waals surface area contributed by atoms with E-state index < -0.39 is 20.6 Å². The molecule has 170 valence electrons. The van der Waals surface area contributed by atoms with Gasteiger partial charge in [-0.2, -0.15) is 5.26 Å². The number of hydrogen-bond acceptors (Lipinski definition) is 5. The molecule has 32 heavy (non-hydrogen) atoms. The van der Waals surface area contributed by atoms with Crippen LogP contribution in [0.4, 0.5) is 0 Å². The molecule has 0 spiro atoms. The molecule has 2 aromatic rings. The largest absolute Gasteiger partial charge is 0.392 e. The van der Waals surface area contributed by atoms with Crippen molar-refractivity contribution in [2.45, 2.75) is 63.1 Å². The molecule has 2 aliphatic rings. The molecule has 0 saturated heterocycles. The zero-order valence-electron chi connectivity index (χ0n) is 18.2. The maximum absolute atomic E-state index is 10.8. The number of aryl methyl sites for hydroxylation is 1. The molecular formula is C26H32NO4P. The Morgan fingerprint density at radius 2 is 1.66 bits per heavy atom. The normalized spacial score (nSPS) is 27.0. The lowest BCUT2D eigenvalue weighted by Gasteiger charge is -2.25. The molecule has 3 unspecified atom stereocenters. The summed E-state index contributed by atoms with van der Waals surface area (Å²) in [6.07, 6.45) is 5.58. The van der Waals surface area contributed by atoms with Crippen LogP contribution in [0.1, 0.15) is 67.2 Å². The molecule has 2 fully saturated rings. The molecule has 0 amide bonds. The van der Waals surface area contributed by atoms with Crippen LogP contribution in [0, 0.1) is 29.1 Å². The van der Waals surface area contributed by atoms with Crippen molar-refractivity contribution in [1.29, 1.82) is 5.26 Å². The van der Waals surface area contributed by atoms with E-state index in [4.69, 9.17) is 0 Å². The average molecular weight is 454 g/mol. The number of hydrogen-bond donors (Lipinski definition) is 4. The topological polar surface area (TPSA) is 105 Å². The van der Waals surface area contributed by atoms with E-state index in [1.807, 2.05) is 36.4 Å². The molecule has 5 nitrogen and oxygen atoms in total. The Balaban J connectivity index is 1.47. The molecule has 0 heterocycles. The Labute approximate surface area is 191 Å². The number of aliphatic hydroxyl groups is 2. The van der Waals surface area contributed by atoms with Gasteiger partial charge in [-0.1, -0.05) is 49.2 Å². The Morgan fingerprint density at radius 3 is 2.25 bits per heavy atom. The minimum Gasteiger partial charge on any atom is -0.392 e. The monoisotopic (exact) mass is 453 g/mol. The van der Waals surface area contributed by atoms with E-state index in [2.05, 4.69) is 6.07 Å². The molecular weight excluding hydrogens is 421 g/mol. The summed E-state index contributed by atoms with van der Waals surface area (Å²) in [6.45, 7) is 0. The lowest BCUT2D eigenvalue weighted by Crippen LogP contribution is -2.19. The van der Waals surface area contributed by atoms with Crippen molar-refractivity contribution in [3.8, 4) is 6.07 Å². The fourth-order valence-corrected chi connectivity index (χ4v) is 6.12. The summed E-state index contributed by atoms with van der Waals surface area (Å²) >= 11 is 0. The van der Waals surface area contributed by atoms with Gasteiger partial charge in [0.25, 0.3) is 0 Å². The molecule has 0 aromatic heterocycles. The van der Waals surface area contributed by atoms with Crippen LogP contribution in [0.5, 0.6) is 0 Å². The highest BCUT2D eigenvalue weighted by atomic mass is 31.2. The van der Waals surface area contributed by atoms with Crippen LogP contribution in [0.3, 0.4) is 0 Å². The number of benzene rings is 2. The summed E-state index contributed by atoms with van der Waals surface area (Å²) in [5, 5.41) is 31.7. The van der Waals surface area contributed by atoms with E-state index in [0.29, 0.717) is 17.6 Å². The molecule has 0 bridgehead atoms. The standard InChI is InChI=1S/C26H32NO4P/c27-16-21-15-24(28)25(23(21)14-7-17-5-12-22(13-6-17)32(30)31)18-8-10-20(11-9-18)26(29)19-3-1-2-4-19/h5-6,8-13,19,21,23-26,28-31H,1-4,7,14-15H2/t21-,23?,24+,25?,26?/m0/s1. The SMILES string of the molecule is N#C[C@@H]1C[C@@H](O)C(c2ccc(C(O)C3CCCC3)cc2)C1CCc1ccc(P(O)O)cc1. The molecule has 0 radical (unpaired) electrons. The minimum atomic E-state index is -2.08. The molecule has 0 aliphatic heterocycles. The zero-order valence-corrected chi connectivity index (χ0v) is 19.1. The molecule has 2 saturated carbocycles. The third kappa shape index (κ3) is 5.06. The maximum atomic E-state index is 10.8. The van der Waals surface area contributed by atoms with Gasteiger partial charge < -0.3 is 20.0 Å². The van der Waals surface area contributed by atoms with E-state index in [0.717, 1.165) is 42.4 Å². The van der Waals surface area contributed by atoms with E-state index in [1.165, 1.54) is 12.8 Å². The first-order chi connectivity index (χ1) is 15.5. The van der Waals surface area contributed by atoms with Gasteiger partial charge in [0.05, 0.1) is 24.2 Å². The van der Waals surface area contributed by atoms with Crippen molar-refractivity contribution >= 4 is 13.7 Å². The van der Waals surface area contributed by atoms with Crippen LogP contribution in [0.25, 0.3) is 0 Å². The van der Waals surface area contributed by atoms with Crippen LogP contribution in [-0.2, 0) is 6.42 Å². The van der Waals surface area contributed by atoms with Crippen LogP contribution >= 0.6 is 8.38 Å². The van der Waals surface area contributed by atoms with E-state index in [1.54, 1.807) is 12.1 Å². The lowest BCUT2D eigenvalue weighted by molar-refractivity contribution is 0.111. The van der Waals surface area contributed by atoms with Crippen LogP contribution in [0.2, 0.25) is 0 Å². The van der Waals surface area contributed by atoms with Crippen molar-refractivity contribution in [2.24, 2.45) is 17.8 Å². The summed E-state index contributed by atoms with van der Waals surface area (Å²) < 4.78 is 0. The van der Waals surface area contributed by atoms with Gasteiger partial charge in [-0.3, -0.25) is 0 Å². The smallest absolute Gasteiger partial charge is 0.199 e. The van der Waals surface area contributed by atoms with E-state index >= 15 is 0 Å². The first-order valence-corrected chi connectivity index (χ1v) is 12.8. The van der Waals surface area contributed by atoms with Gasteiger partial charge in [-0.05, 0) is 72.8 Å². The van der Waals surface area contributed by atoms with Crippen molar-refractivity contribution < 1.29 is 20.0 Å². The first-order valence-electron chi connectivity index (χ1n) is 11.6. The minimum absolute atomic E-state index is 0.0492. The molecule has 6 heteroatoms. The van der Waals surface area contributed by atoms with E-state index in [-0.39, 0.29) is 17.8 Å². The van der Waals surface area contributed by atoms with Crippen LogP contribution in [-0.4, -0.2) is 26.1 Å². The second kappa shape index (κ2) is 10.4. The summed E-state index contributed by atoms with van der Waals surface area (Å²) in [6, 6.07) is 17.7. The Morgan fingerprint density at radius 1 is 1.00 bits per heavy atom. The molecule has 2 aromatic carbocycles. The summed E-state index contributed by atoms with van der Waals surface area (Å²) in [4.78, 5) is 18.7. The van der Waals surface area contributed by atoms with Gasteiger partial charge in [0.1, 0.15) is 0 Å². The van der Waals surface area contributed by atoms with Crippen molar-refractivity contribution in [2.75, 3.05) is 0 Å². The second-order valence-corrected chi connectivity index (χ2v) is 10.5. The molecule has 2 aliphatic carbocycles. The summed E-state index contributed by atoms with van der Waals surface area (Å²) in [5.74, 6) is 0.0985. The van der Waals surface area contributed by atoms with Crippen molar-refractivity contribution in [1.82, 2.24) is 0 Å². The lowest BCUT2D eigenvalue weighted by atomic mass is 9.80. The van der Waals surface area contributed by atoms with E-state index in [9.17, 15) is 25.3 Å². The zero-order chi connectivity index (χ0) is 22.7. The Kier molecular flexibility index (Phi) is 7.61. The number of nitrogens with zero attached hydrogens (tertiary/aromatic N) is 1. The van der Waals surface area contributed by atoms with Gasteiger partial charge in [-0.15, -0.1) is 0 Å². The van der Waals surface area contributed by atoms with Crippen LogP contribution in [0.15, 0.2) is 48.5 Å². The first kappa shape index (κ1) is 23.4. The van der Waals surface area contributed by atoms with Gasteiger partial charge in [0, 0.05) is 11.2 Å². The highest BCUT2D eigenvalue weighted by Gasteiger charge is 2.43. The Hall–Kier alpha value is -1.80. The summed E-state index contributed by atoms with van der Waals surface area (Å²) in [7, 11) is -2.08. The quantitative estimate of drug-likeness (QED) is 0.473. The Bertz CT molecular complexity index is 918. The molecule has 4 N–H and O–H groups in total. The van der Waals surface area contributed by atoms with Gasteiger partial charge >= 0.3 is 0 Å². The van der Waals surface area contributed by atoms with Gasteiger partial charge in [-0.25, -0.2) is 0 Å². The highest BCUT2D eigenvalue weighted by Crippen LogP contribution is 2.46. The predicted molar refractivity (Wildman–Crippen MR) is 125 cm³/mol. The highest BCUT2D eigenvalue weighted by molar-refractivity contribution is 7.54.